The number of aliphatic hydroxyl groups is 1. The molecule has 0 spiro atoms. The summed E-state index contributed by atoms with van der Waals surface area (Å²) in [5.74, 6) is 0.435. The van der Waals surface area contributed by atoms with Crippen molar-refractivity contribution in [1.29, 1.82) is 0 Å². The molecular formula is C19H20ClN5O3. The molecule has 0 aliphatic carbocycles. The molecule has 1 unspecified atom stereocenters. The van der Waals surface area contributed by atoms with Gasteiger partial charge in [0, 0.05) is 35.2 Å². The van der Waals surface area contributed by atoms with Gasteiger partial charge in [-0.3, -0.25) is 0 Å². The summed E-state index contributed by atoms with van der Waals surface area (Å²) >= 11 is 6.43. The zero-order valence-corrected chi connectivity index (χ0v) is 16.0. The van der Waals surface area contributed by atoms with E-state index in [0.29, 0.717) is 42.7 Å². The van der Waals surface area contributed by atoms with Gasteiger partial charge in [-0.25, -0.2) is 14.8 Å². The number of hydrogen-bond donors (Lipinski definition) is 3. The lowest BCUT2D eigenvalue weighted by atomic mass is 10.1. The third-order valence-corrected chi connectivity index (χ3v) is 5.07. The van der Waals surface area contributed by atoms with Crippen LogP contribution >= 0.6 is 11.6 Å². The van der Waals surface area contributed by atoms with E-state index in [1.165, 1.54) is 7.11 Å². The summed E-state index contributed by atoms with van der Waals surface area (Å²) in [7, 11) is 1.54. The zero-order chi connectivity index (χ0) is 19.7. The minimum absolute atomic E-state index is 0.178. The number of aromatic nitrogens is 3. The lowest BCUT2D eigenvalue weighted by Crippen LogP contribution is -2.38. The fraction of sp³-hybridized carbons (Fsp3) is 0.316. The Labute approximate surface area is 166 Å². The second-order valence-corrected chi connectivity index (χ2v) is 7.11. The number of β-amino-alcohol motifs (C(OH)–C–C–N with tert-alkyl or cyclic N) is 1. The predicted molar refractivity (Wildman–Crippen MR) is 105 cm³/mol. The minimum Gasteiger partial charge on any atom is -0.480 e. The molecule has 3 heterocycles. The minimum atomic E-state index is -0.430. The van der Waals surface area contributed by atoms with Gasteiger partial charge in [0.2, 0.25) is 5.88 Å². The van der Waals surface area contributed by atoms with Crippen molar-refractivity contribution in [2.45, 2.75) is 19.1 Å². The largest absolute Gasteiger partial charge is 0.480 e. The van der Waals surface area contributed by atoms with E-state index < -0.39 is 6.10 Å². The number of amides is 2. The smallest absolute Gasteiger partial charge is 0.317 e. The Balaban J connectivity index is 1.51. The van der Waals surface area contributed by atoms with Crippen LogP contribution in [0.25, 0.3) is 22.2 Å². The van der Waals surface area contributed by atoms with Crippen molar-refractivity contribution in [1.82, 2.24) is 25.2 Å². The van der Waals surface area contributed by atoms with Crippen molar-refractivity contribution in [3.05, 3.63) is 41.3 Å². The monoisotopic (exact) mass is 401 g/mol. The van der Waals surface area contributed by atoms with Gasteiger partial charge in [-0.05, 0) is 24.6 Å². The van der Waals surface area contributed by atoms with E-state index in [9.17, 15) is 9.90 Å². The van der Waals surface area contributed by atoms with Crippen LogP contribution in [0.3, 0.4) is 0 Å². The number of carbonyl (C=O) groups excluding carboxylic acids is 1. The highest BCUT2D eigenvalue weighted by molar-refractivity contribution is 6.34. The van der Waals surface area contributed by atoms with Crippen LogP contribution in [0.1, 0.15) is 12.1 Å². The van der Waals surface area contributed by atoms with Crippen LogP contribution in [-0.2, 0) is 6.54 Å². The van der Waals surface area contributed by atoms with Crippen LogP contribution in [0.5, 0.6) is 5.88 Å². The van der Waals surface area contributed by atoms with E-state index in [4.69, 9.17) is 16.3 Å². The third-order valence-electron chi connectivity index (χ3n) is 4.76. The second kappa shape index (κ2) is 7.65. The number of aliphatic hydroxyl groups excluding tert-OH is 1. The van der Waals surface area contributed by atoms with Gasteiger partial charge in [-0.15, -0.1) is 0 Å². The average molecular weight is 402 g/mol. The summed E-state index contributed by atoms with van der Waals surface area (Å²) in [5, 5.41) is 13.9. The van der Waals surface area contributed by atoms with Gasteiger partial charge in [0.25, 0.3) is 0 Å². The number of fused-ring (bicyclic) bond motifs is 1. The summed E-state index contributed by atoms with van der Waals surface area (Å²) in [4.78, 5) is 25.6. The first kappa shape index (κ1) is 18.5. The molecular weight excluding hydrogens is 382 g/mol. The van der Waals surface area contributed by atoms with Gasteiger partial charge < -0.3 is 25.0 Å². The number of halogens is 1. The highest BCUT2D eigenvalue weighted by Crippen LogP contribution is 2.31. The van der Waals surface area contributed by atoms with Crippen LogP contribution in [0.2, 0.25) is 5.02 Å². The van der Waals surface area contributed by atoms with Crippen molar-refractivity contribution in [2.75, 3.05) is 20.2 Å². The topological polar surface area (TPSA) is 103 Å². The van der Waals surface area contributed by atoms with E-state index >= 15 is 0 Å². The van der Waals surface area contributed by atoms with Gasteiger partial charge in [0.15, 0.2) is 0 Å². The quantitative estimate of drug-likeness (QED) is 0.623. The van der Waals surface area contributed by atoms with Crippen LogP contribution < -0.4 is 10.1 Å². The highest BCUT2D eigenvalue weighted by Gasteiger charge is 2.24. The van der Waals surface area contributed by atoms with Crippen molar-refractivity contribution in [2.24, 2.45) is 0 Å². The van der Waals surface area contributed by atoms with Gasteiger partial charge in [0.05, 0.1) is 42.9 Å². The van der Waals surface area contributed by atoms with E-state index in [1.54, 1.807) is 17.3 Å². The number of carbonyl (C=O) groups is 1. The molecule has 0 bridgehead atoms. The fourth-order valence-electron chi connectivity index (χ4n) is 3.27. The summed E-state index contributed by atoms with van der Waals surface area (Å²) in [6, 6.07) is 5.54. The summed E-state index contributed by atoms with van der Waals surface area (Å²) in [6.07, 6.45) is 3.34. The van der Waals surface area contributed by atoms with Crippen molar-refractivity contribution in [3.63, 3.8) is 0 Å². The Hall–Kier alpha value is -2.84. The SMILES string of the molecule is COc1cnc(-c2cc3[nH]c(CNC(=O)N4CCC(O)C4)cc3cc2Cl)cn1. The number of hydrogen-bond acceptors (Lipinski definition) is 5. The maximum Gasteiger partial charge on any atom is 0.317 e. The molecule has 28 heavy (non-hydrogen) atoms. The number of ether oxygens (including phenoxy) is 1. The zero-order valence-electron chi connectivity index (χ0n) is 15.3. The maximum atomic E-state index is 12.2. The molecule has 2 amide bonds. The molecule has 9 heteroatoms. The normalized spacial score (nSPS) is 16.5. The Morgan fingerprint density at radius 1 is 1.39 bits per heavy atom. The maximum absolute atomic E-state index is 12.2. The van der Waals surface area contributed by atoms with Crippen molar-refractivity contribution >= 4 is 28.5 Å². The number of rotatable bonds is 4. The van der Waals surface area contributed by atoms with E-state index in [0.717, 1.165) is 22.2 Å². The molecule has 1 atom stereocenters. The second-order valence-electron chi connectivity index (χ2n) is 6.71. The first-order valence-corrected chi connectivity index (χ1v) is 9.29. The molecule has 1 fully saturated rings. The molecule has 0 radical (unpaired) electrons. The number of nitrogens with zero attached hydrogens (tertiary/aromatic N) is 3. The Kier molecular flexibility index (Phi) is 5.06. The van der Waals surface area contributed by atoms with Gasteiger partial charge >= 0.3 is 6.03 Å². The first-order chi connectivity index (χ1) is 13.5. The molecule has 1 aromatic carbocycles. The summed E-state index contributed by atoms with van der Waals surface area (Å²) in [6.45, 7) is 1.30. The summed E-state index contributed by atoms with van der Waals surface area (Å²) in [5.41, 5.74) is 3.15. The lowest BCUT2D eigenvalue weighted by Gasteiger charge is -2.15. The molecule has 3 aromatic rings. The Bertz CT molecular complexity index is 1000. The molecule has 0 saturated carbocycles. The number of H-pyrrole nitrogens is 1. The van der Waals surface area contributed by atoms with Crippen molar-refractivity contribution < 1.29 is 14.6 Å². The first-order valence-electron chi connectivity index (χ1n) is 8.92. The van der Waals surface area contributed by atoms with Crippen LogP contribution in [0, 0.1) is 0 Å². The molecule has 1 saturated heterocycles. The molecule has 2 aromatic heterocycles. The number of methoxy groups -OCH3 is 1. The fourth-order valence-corrected chi connectivity index (χ4v) is 3.54. The number of likely N-dealkylation sites (tertiary alicyclic amines) is 1. The summed E-state index contributed by atoms with van der Waals surface area (Å²) < 4.78 is 5.03. The number of urea groups is 1. The van der Waals surface area contributed by atoms with Gasteiger partial charge in [0.1, 0.15) is 0 Å². The molecule has 1 aliphatic rings. The number of nitrogens with one attached hydrogen (secondary N) is 2. The number of aromatic amines is 1. The molecule has 3 N–H and O–H groups in total. The number of benzene rings is 1. The van der Waals surface area contributed by atoms with E-state index in [1.807, 2.05) is 18.2 Å². The lowest BCUT2D eigenvalue weighted by molar-refractivity contribution is 0.171. The van der Waals surface area contributed by atoms with E-state index in [2.05, 4.69) is 20.3 Å². The van der Waals surface area contributed by atoms with Gasteiger partial charge in [-0.1, -0.05) is 11.6 Å². The van der Waals surface area contributed by atoms with Crippen LogP contribution in [-0.4, -0.2) is 57.3 Å². The Morgan fingerprint density at radius 2 is 2.25 bits per heavy atom. The third kappa shape index (κ3) is 3.74. The van der Waals surface area contributed by atoms with Gasteiger partial charge in [-0.2, -0.15) is 0 Å². The molecule has 4 rings (SSSR count). The standard InChI is InChI=1S/C19H20ClN5O3/c1-28-18-9-21-17(8-22-18)14-6-16-11(5-15(14)20)4-12(24-16)7-23-19(27)25-3-2-13(26)10-25/h4-6,8-9,13,24,26H,2-3,7,10H2,1H3,(H,23,27). The van der Waals surface area contributed by atoms with Crippen LogP contribution in [0.4, 0.5) is 4.79 Å². The van der Waals surface area contributed by atoms with Crippen molar-refractivity contribution in [3.8, 4) is 17.1 Å². The average Bonchev–Trinajstić information content (AvgIpc) is 3.31. The molecule has 146 valence electrons. The molecule has 8 nitrogen and oxygen atoms in total. The van der Waals surface area contributed by atoms with Crippen LogP contribution in [0.15, 0.2) is 30.6 Å². The molecule has 1 aliphatic heterocycles. The van der Waals surface area contributed by atoms with E-state index in [-0.39, 0.29) is 6.03 Å². The Morgan fingerprint density at radius 3 is 2.93 bits per heavy atom. The predicted octanol–water partition coefficient (Wildman–Crippen LogP) is 2.56. The highest BCUT2D eigenvalue weighted by atomic mass is 35.5.